The first-order valence-electron chi connectivity index (χ1n) is 5.87. The Bertz CT molecular complexity index is 681. The molecule has 6 heteroatoms. The summed E-state index contributed by atoms with van der Waals surface area (Å²) in [6.07, 6.45) is 0. The molecule has 0 saturated carbocycles. The summed E-state index contributed by atoms with van der Waals surface area (Å²) in [7, 11) is 1.40. The Hall–Kier alpha value is -2.04. The van der Waals surface area contributed by atoms with Gasteiger partial charge in [0.2, 0.25) is 0 Å². The van der Waals surface area contributed by atoms with Crippen molar-refractivity contribution in [3.63, 3.8) is 0 Å². The topological polar surface area (TPSA) is 52.6 Å². The van der Waals surface area contributed by atoms with Crippen LogP contribution in [0, 0.1) is 0 Å². The van der Waals surface area contributed by atoms with E-state index in [4.69, 9.17) is 32.7 Å². The summed E-state index contributed by atoms with van der Waals surface area (Å²) >= 11 is 11.1. The van der Waals surface area contributed by atoms with Crippen molar-refractivity contribution >= 4 is 34.4 Å². The van der Waals surface area contributed by atoms with Crippen LogP contribution in [0.1, 0.15) is 20.7 Å². The smallest absolute Gasteiger partial charge is 0.343 e. The number of carbonyl (C=O) groups is 2. The third kappa shape index (κ3) is 3.74. The maximum absolute atomic E-state index is 12.0. The zero-order chi connectivity index (χ0) is 15.4. The van der Waals surface area contributed by atoms with Crippen molar-refractivity contribution in [3.05, 3.63) is 58.6 Å². The van der Waals surface area contributed by atoms with Crippen LogP contribution >= 0.6 is 23.2 Å². The van der Waals surface area contributed by atoms with E-state index in [1.165, 1.54) is 25.3 Å². The molecule has 0 aliphatic heterocycles. The zero-order valence-corrected chi connectivity index (χ0v) is 12.4. The largest absolute Gasteiger partial charge is 0.493 e. The van der Waals surface area contributed by atoms with Gasteiger partial charge in [0.25, 0.3) is 5.24 Å². The fourth-order valence-electron chi connectivity index (χ4n) is 1.62. The molecule has 0 fully saturated rings. The van der Waals surface area contributed by atoms with Crippen LogP contribution in [-0.2, 0) is 0 Å². The fourth-order valence-corrected chi connectivity index (χ4v) is 1.86. The maximum atomic E-state index is 12.0. The van der Waals surface area contributed by atoms with Gasteiger partial charge in [0.15, 0.2) is 11.5 Å². The lowest BCUT2D eigenvalue weighted by atomic mass is 10.2. The third-order valence-corrected chi connectivity index (χ3v) is 3.14. The lowest BCUT2D eigenvalue weighted by Crippen LogP contribution is -2.09. The summed E-state index contributed by atoms with van der Waals surface area (Å²) in [6.45, 7) is 0. The Kier molecular flexibility index (Phi) is 4.83. The average molecular weight is 325 g/mol. The molecule has 0 saturated heterocycles. The van der Waals surface area contributed by atoms with Crippen molar-refractivity contribution in [1.82, 2.24) is 0 Å². The van der Waals surface area contributed by atoms with Gasteiger partial charge < -0.3 is 9.47 Å². The quantitative estimate of drug-likeness (QED) is 0.485. The first kappa shape index (κ1) is 15.4. The molecule has 0 spiro atoms. The van der Waals surface area contributed by atoms with E-state index in [-0.39, 0.29) is 17.1 Å². The SMILES string of the molecule is COc1cc(C(=O)Cl)ccc1OC(=O)c1ccc(Cl)cc1. The van der Waals surface area contributed by atoms with Crippen LogP contribution in [0.5, 0.6) is 11.5 Å². The zero-order valence-electron chi connectivity index (χ0n) is 10.9. The first-order chi connectivity index (χ1) is 10.0. The number of esters is 1. The van der Waals surface area contributed by atoms with Gasteiger partial charge in [0.1, 0.15) is 0 Å². The minimum Gasteiger partial charge on any atom is -0.493 e. The van der Waals surface area contributed by atoms with Crippen molar-refractivity contribution in [1.29, 1.82) is 0 Å². The monoisotopic (exact) mass is 324 g/mol. The Morgan fingerprint density at radius 2 is 1.57 bits per heavy atom. The van der Waals surface area contributed by atoms with Gasteiger partial charge in [-0.1, -0.05) is 11.6 Å². The number of benzene rings is 2. The molecule has 2 aromatic rings. The van der Waals surface area contributed by atoms with Crippen LogP contribution in [0.2, 0.25) is 5.02 Å². The highest BCUT2D eigenvalue weighted by Crippen LogP contribution is 2.29. The van der Waals surface area contributed by atoms with Crippen molar-refractivity contribution in [2.75, 3.05) is 7.11 Å². The number of ether oxygens (including phenoxy) is 2. The molecule has 0 N–H and O–H groups in total. The second-order valence-corrected chi connectivity index (χ2v) is 4.82. The van der Waals surface area contributed by atoms with Crippen molar-refractivity contribution < 1.29 is 19.1 Å². The molecule has 0 amide bonds. The van der Waals surface area contributed by atoms with E-state index in [2.05, 4.69) is 0 Å². The molecule has 0 heterocycles. The Balaban J connectivity index is 2.24. The van der Waals surface area contributed by atoms with Crippen LogP contribution in [0.25, 0.3) is 0 Å². The molecule has 21 heavy (non-hydrogen) atoms. The van der Waals surface area contributed by atoms with E-state index in [1.807, 2.05) is 0 Å². The summed E-state index contributed by atoms with van der Waals surface area (Å²) in [4.78, 5) is 23.1. The second-order valence-electron chi connectivity index (χ2n) is 4.04. The highest BCUT2D eigenvalue weighted by molar-refractivity contribution is 6.67. The summed E-state index contributed by atoms with van der Waals surface area (Å²) in [6, 6.07) is 10.6. The lowest BCUT2D eigenvalue weighted by molar-refractivity contribution is 0.0729. The van der Waals surface area contributed by atoms with E-state index < -0.39 is 11.2 Å². The molecule has 0 radical (unpaired) electrons. The first-order valence-corrected chi connectivity index (χ1v) is 6.62. The Morgan fingerprint density at radius 1 is 0.952 bits per heavy atom. The Morgan fingerprint density at radius 3 is 2.14 bits per heavy atom. The van der Waals surface area contributed by atoms with Gasteiger partial charge in [0, 0.05) is 10.6 Å². The maximum Gasteiger partial charge on any atom is 0.343 e. The molecule has 4 nitrogen and oxygen atoms in total. The van der Waals surface area contributed by atoms with Crippen molar-refractivity contribution in [2.45, 2.75) is 0 Å². The van der Waals surface area contributed by atoms with Crippen molar-refractivity contribution in [2.24, 2.45) is 0 Å². The normalized spacial score (nSPS) is 10.0. The number of carbonyl (C=O) groups excluding carboxylic acids is 2. The summed E-state index contributed by atoms with van der Waals surface area (Å²) in [5, 5.41) is -0.0991. The van der Waals surface area contributed by atoms with Crippen LogP contribution in [0.15, 0.2) is 42.5 Å². The minimum atomic E-state index is -0.621. The predicted octanol–water partition coefficient (Wildman–Crippen LogP) is 3.95. The molecular weight excluding hydrogens is 315 g/mol. The molecule has 108 valence electrons. The molecule has 2 rings (SSSR count). The minimum absolute atomic E-state index is 0.194. The predicted molar refractivity (Wildman–Crippen MR) is 79.6 cm³/mol. The van der Waals surface area contributed by atoms with Gasteiger partial charge in [0.05, 0.1) is 12.7 Å². The van der Waals surface area contributed by atoms with E-state index in [0.717, 1.165) is 0 Å². The van der Waals surface area contributed by atoms with Gasteiger partial charge in [-0.05, 0) is 54.1 Å². The molecule has 2 aromatic carbocycles. The Labute approximate surface area is 131 Å². The average Bonchev–Trinajstić information content (AvgIpc) is 2.48. The van der Waals surface area contributed by atoms with E-state index >= 15 is 0 Å². The summed E-state index contributed by atoms with van der Waals surface area (Å²) in [5.74, 6) is -0.127. The van der Waals surface area contributed by atoms with Crippen LogP contribution in [0.4, 0.5) is 0 Å². The van der Waals surface area contributed by atoms with E-state index in [0.29, 0.717) is 10.6 Å². The van der Waals surface area contributed by atoms with Gasteiger partial charge in [-0.25, -0.2) is 4.79 Å². The third-order valence-electron chi connectivity index (χ3n) is 2.67. The number of hydrogen-bond donors (Lipinski definition) is 0. The van der Waals surface area contributed by atoms with Crippen LogP contribution in [-0.4, -0.2) is 18.3 Å². The highest BCUT2D eigenvalue weighted by Gasteiger charge is 2.14. The van der Waals surface area contributed by atoms with Gasteiger partial charge in [-0.15, -0.1) is 0 Å². The van der Waals surface area contributed by atoms with Gasteiger partial charge >= 0.3 is 5.97 Å². The van der Waals surface area contributed by atoms with Gasteiger partial charge in [-0.3, -0.25) is 4.79 Å². The molecule has 0 atom stereocenters. The molecule has 0 bridgehead atoms. The number of hydrogen-bond acceptors (Lipinski definition) is 4. The van der Waals surface area contributed by atoms with Crippen LogP contribution < -0.4 is 9.47 Å². The molecule has 0 aliphatic rings. The van der Waals surface area contributed by atoms with Crippen LogP contribution in [0.3, 0.4) is 0 Å². The fraction of sp³-hybridized carbons (Fsp3) is 0.0667. The molecule has 0 aromatic heterocycles. The summed E-state index contributed by atoms with van der Waals surface area (Å²) < 4.78 is 10.3. The molecular formula is C15H10Cl2O4. The summed E-state index contributed by atoms with van der Waals surface area (Å²) in [5.41, 5.74) is 0.596. The lowest BCUT2D eigenvalue weighted by Gasteiger charge is -2.10. The second kappa shape index (κ2) is 6.61. The standard InChI is InChI=1S/C15H10Cl2O4/c1-20-13-8-10(14(17)18)4-7-12(13)21-15(19)9-2-5-11(16)6-3-9/h2-8H,1H3. The van der Waals surface area contributed by atoms with E-state index in [9.17, 15) is 9.59 Å². The highest BCUT2D eigenvalue weighted by atomic mass is 35.5. The van der Waals surface area contributed by atoms with Gasteiger partial charge in [-0.2, -0.15) is 0 Å². The molecule has 0 aliphatic carbocycles. The number of halogens is 2. The van der Waals surface area contributed by atoms with E-state index in [1.54, 1.807) is 24.3 Å². The number of methoxy groups -OCH3 is 1. The van der Waals surface area contributed by atoms with Crippen molar-refractivity contribution in [3.8, 4) is 11.5 Å². The number of rotatable bonds is 4. The molecule has 0 unspecified atom stereocenters.